The number of anilines is 1. The first-order valence-electron chi connectivity index (χ1n) is 4.37. The van der Waals surface area contributed by atoms with Crippen molar-refractivity contribution in [3.8, 4) is 11.6 Å². The van der Waals surface area contributed by atoms with E-state index in [2.05, 4.69) is 5.10 Å². The minimum absolute atomic E-state index is 0.331. The molecular formula is C10H10ClN3O. The first-order valence-corrected chi connectivity index (χ1v) is 4.75. The van der Waals surface area contributed by atoms with E-state index in [1.165, 1.54) is 7.11 Å². The van der Waals surface area contributed by atoms with Crippen LogP contribution in [0.25, 0.3) is 5.69 Å². The lowest BCUT2D eigenvalue weighted by Gasteiger charge is -2.01. The summed E-state index contributed by atoms with van der Waals surface area (Å²) in [5.74, 6) is 0.706. The van der Waals surface area contributed by atoms with Gasteiger partial charge in [-0.15, -0.1) is 5.10 Å². The smallest absolute Gasteiger partial charge is 0.254 e. The van der Waals surface area contributed by atoms with Crippen molar-refractivity contribution in [1.82, 2.24) is 9.78 Å². The van der Waals surface area contributed by atoms with Gasteiger partial charge in [-0.05, 0) is 12.1 Å². The molecule has 2 rings (SSSR count). The number of methoxy groups -OCH3 is 1. The van der Waals surface area contributed by atoms with Crippen LogP contribution in [0.5, 0.6) is 5.88 Å². The highest BCUT2D eigenvalue weighted by Gasteiger charge is 2.14. The monoisotopic (exact) mass is 223 g/mol. The van der Waals surface area contributed by atoms with Gasteiger partial charge in [-0.2, -0.15) is 0 Å². The largest absolute Gasteiger partial charge is 0.479 e. The van der Waals surface area contributed by atoms with Crippen molar-refractivity contribution in [3.05, 3.63) is 35.4 Å². The van der Waals surface area contributed by atoms with E-state index in [1.54, 1.807) is 4.68 Å². The highest BCUT2D eigenvalue weighted by Crippen LogP contribution is 2.30. The molecule has 0 fully saturated rings. The number of halogens is 1. The van der Waals surface area contributed by atoms with Crippen LogP contribution in [0.4, 0.5) is 5.82 Å². The minimum Gasteiger partial charge on any atom is -0.479 e. The van der Waals surface area contributed by atoms with Gasteiger partial charge in [0.25, 0.3) is 5.88 Å². The molecule has 78 valence electrons. The predicted octanol–water partition coefficient (Wildman–Crippen LogP) is 2.12. The zero-order chi connectivity index (χ0) is 10.8. The number of ether oxygens (including phenoxy) is 1. The van der Waals surface area contributed by atoms with Gasteiger partial charge in [0, 0.05) is 0 Å². The third kappa shape index (κ3) is 1.64. The lowest BCUT2D eigenvalue weighted by Crippen LogP contribution is -2.01. The van der Waals surface area contributed by atoms with Crippen LogP contribution in [-0.2, 0) is 0 Å². The number of hydrogen-bond acceptors (Lipinski definition) is 3. The van der Waals surface area contributed by atoms with E-state index >= 15 is 0 Å². The molecule has 0 unspecified atom stereocenters. The Morgan fingerprint density at radius 2 is 2.00 bits per heavy atom. The number of rotatable bonds is 2. The molecule has 0 saturated carbocycles. The molecule has 0 spiro atoms. The maximum atomic E-state index is 5.93. The maximum Gasteiger partial charge on any atom is 0.254 e. The van der Waals surface area contributed by atoms with Gasteiger partial charge in [-0.3, -0.25) is 0 Å². The molecule has 0 atom stereocenters. The molecule has 2 N–H and O–H groups in total. The highest BCUT2D eigenvalue weighted by atomic mass is 35.5. The summed E-state index contributed by atoms with van der Waals surface area (Å²) in [5.41, 5.74) is 6.65. The van der Waals surface area contributed by atoms with Crippen molar-refractivity contribution in [3.63, 3.8) is 0 Å². The Morgan fingerprint density at radius 3 is 2.53 bits per heavy atom. The number of hydrogen-bond donors (Lipinski definition) is 1. The van der Waals surface area contributed by atoms with Gasteiger partial charge in [0.1, 0.15) is 10.8 Å². The van der Waals surface area contributed by atoms with E-state index in [0.29, 0.717) is 16.7 Å². The molecule has 5 heteroatoms. The van der Waals surface area contributed by atoms with Gasteiger partial charge in [-0.25, -0.2) is 4.68 Å². The number of aromatic nitrogens is 2. The molecule has 1 heterocycles. The summed E-state index contributed by atoms with van der Waals surface area (Å²) in [6, 6.07) is 9.49. The molecule has 0 bridgehead atoms. The number of nitrogen functional groups attached to an aromatic ring is 1. The summed E-state index contributed by atoms with van der Waals surface area (Å²) in [6.07, 6.45) is 0. The Bertz CT molecular complexity index is 467. The van der Waals surface area contributed by atoms with E-state index < -0.39 is 0 Å². The fraction of sp³-hybridized carbons (Fsp3) is 0.100. The molecule has 4 nitrogen and oxygen atoms in total. The van der Waals surface area contributed by atoms with Gasteiger partial charge in [-0.1, -0.05) is 29.8 Å². The topological polar surface area (TPSA) is 53.1 Å². The second-order valence-electron chi connectivity index (χ2n) is 2.96. The van der Waals surface area contributed by atoms with Crippen LogP contribution < -0.4 is 10.5 Å². The average molecular weight is 224 g/mol. The Morgan fingerprint density at radius 1 is 1.33 bits per heavy atom. The van der Waals surface area contributed by atoms with Crippen LogP contribution in [0.2, 0.25) is 5.02 Å². The molecule has 15 heavy (non-hydrogen) atoms. The number of benzene rings is 1. The Balaban J connectivity index is 2.55. The van der Waals surface area contributed by atoms with Crippen molar-refractivity contribution < 1.29 is 4.74 Å². The van der Waals surface area contributed by atoms with Crippen molar-refractivity contribution in [1.29, 1.82) is 0 Å². The van der Waals surface area contributed by atoms with Gasteiger partial charge in [0.2, 0.25) is 0 Å². The molecule has 0 amide bonds. The van der Waals surface area contributed by atoms with Crippen molar-refractivity contribution in [2.45, 2.75) is 0 Å². The van der Waals surface area contributed by atoms with E-state index in [1.807, 2.05) is 30.3 Å². The zero-order valence-electron chi connectivity index (χ0n) is 8.14. The summed E-state index contributed by atoms with van der Waals surface area (Å²) >= 11 is 5.93. The average Bonchev–Trinajstić information content (AvgIpc) is 2.57. The summed E-state index contributed by atoms with van der Waals surface area (Å²) in [6.45, 7) is 0. The third-order valence-electron chi connectivity index (χ3n) is 2.03. The molecule has 1 aromatic heterocycles. The summed E-state index contributed by atoms with van der Waals surface area (Å²) in [7, 11) is 1.50. The summed E-state index contributed by atoms with van der Waals surface area (Å²) in [4.78, 5) is 0. The summed E-state index contributed by atoms with van der Waals surface area (Å²) in [5, 5.41) is 4.47. The Labute approximate surface area is 92.2 Å². The van der Waals surface area contributed by atoms with E-state index in [9.17, 15) is 0 Å². The summed E-state index contributed by atoms with van der Waals surface area (Å²) < 4.78 is 6.53. The van der Waals surface area contributed by atoms with Crippen LogP contribution in [0.1, 0.15) is 0 Å². The predicted molar refractivity (Wildman–Crippen MR) is 59.5 cm³/mol. The molecule has 0 radical (unpaired) electrons. The Kier molecular flexibility index (Phi) is 2.51. The Hall–Kier alpha value is -1.68. The van der Waals surface area contributed by atoms with Crippen LogP contribution in [-0.4, -0.2) is 16.9 Å². The maximum absolute atomic E-state index is 5.93. The van der Waals surface area contributed by atoms with Gasteiger partial charge in [0.05, 0.1) is 12.8 Å². The standard InChI is InChI=1S/C10H10ClN3O/c1-15-10-8(11)9(12)14(13-10)7-5-3-2-4-6-7/h2-6H,12H2,1H3. The molecule has 0 saturated heterocycles. The van der Waals surface area contributed by atoms with E-state index in [0.717, 1.165) is 5.69 Å². The van der Waals surface area contributed by atoms with Crippen LogP contribution in [0.3, 0.4) is 0 Å². The lowest BCUT2D eigenvalue weighted by atomic mass is 10.3. The fourth-order valence-corrected chi connectivity index (χ4v) is 1.48. The second kappa shape index (κ2) is 3.82. The third-order valence-corrected chi connectivity index (χ3v) is 2.38. The molecule has 0 aliphatic carbocycles. The number of nitrogens with zero attached hydrogens (tertiary/aromatic N) is 2. The van der Waals surface area contributed by atoms with Crippen LogP contribution >= 0.6 is 11.6 Å². The number of nitrogens with two attached hydrogens (primary N) is 1. The molecule has 0 aliphatic heterocycles. The molecule has 2 aromatic rings. The number of para-hydroxylation sites is 1. The second-order valence-corrected chi connectivity index (χ2v) is 3.33. The molecule has 1 aromatic carbocycles. The van der Waals surface area contributed by atoms with Crippen LogP contribution in [0, 0.1) is 0 Å². The van der Waals surface area contributed by atoms with Crippen LogP contribution in [0.15, 0.2) is 30.3 Å². The fourth-order valence-electron chi connectivity index (χ4n) is 1.29. The van der Waals surface area contributed by atoms with Crippen molar-refractivity contribution in [2.24, 2.45) is 0 Å². The van der Waals surface area contributed by atoms with Gasteiger partial charge < -0.3 is 10.5 Å². The normalized spacial score (nSPS) is 10.3. The lowest BCUT2D eigenvalue weighted by molar-refractivity contribution is 0.394. The quantitative estimate of drug-likeness (QED) is 0.849. The van der Waals surface area contributed by atoms with E-state index in [4.69, 9.17) is 22.1 Å². The SMILES string of the molecule is COc1nn(-c2ccccc2)c(N)c1Cl. The minimum atomic E-state index is 0.331. The first-order chi connectivity index (χ1) is 7.24. The van der Waals surface area contributed by atoms with E-state index in [-0.39, 0.29) is 0 Å². The zero-order valence-corrected chi connectivity index (χ0v) is 8.90. The highest BCUT2D eigenvalue weighted by molar-refractivity contribution is 6.34. The van der Waals surface area contributed by atoms with Gasteiger partial charge >= 0.3 is 0 Å². The van der Waals surface area contributed by atoms with Crippen molar-refractivity contribution >= 4 is 17.4 Å². The van der Waals surface area contributed by atoms with Gasteiger partial charge in [0.15, 0.2) is 0 Å². The van der Waals surface area contributed by atoms with Crippen molar-refractivity contribution in [2.75, 3.05) is 12.8 Å². The molecular weight excluding hydrogens is 214 g/mol. The molecule has 0 aliphatic rings. The first kappa shape index (κ1) is 9.86.